The Hall–Kier alpha value is -1.39. The molecule has 2 aliphatic rings. The summed E-state index contributed by atoms with van der Waals surface area (Å²) in [6, 6.07) is 8.67. The quantitative estimate of drug-likeness (QED) is 0.800. The van der Waals surface area contributed by atoms with Crippen LogP contribution in [0.25, 0.3) is 0 Å². The minimum absolute atomic E-state index is 0.191. The van der Waals surface area contributed by atoms with Crippen LogP contribution < -0.4 is 10.6 Å². The maximum Gasteiger partial charge on any atom is 0.220 e. The predicted octanol–water partition coefficient (Wildman–Crippen LogP) is 2.92. The van der Waals surface area contributed by atoms with Crippen molar-refractivity contribution in [1.82, 2.24) is 15.5 Å². The van der Waals surface area contributed by atoms with Crippen molar-refractivity contribution >= 4 is 5.91 Å². The molecule has 1 aromatic rings. The first-order valence-electron chi connectivity index (χ1n) is 9.98. The fraction of sp³-hybridized carbons (Fsp3) is 0.667. The summed E-state index contributed by atoms with van der Waals surface area (Å²) < 4.78 is 0. The topological polar surface area (TPSA) is 44.4 Å². The maximum atomic E-state index is 12.3. The maximum absolute atomic E-state index is 12.3. The van der Waals surface area contributed by atoms with Gasteiger partial charge in [0.2, 0.25) is 5.91 Å². The van der Waals surface area contributed by atoms with Crippen molar-refractivity contribution in [3.8, 4) is 0 Å². The van der Waals surface area contributed by atoms with Crippen LogP contribution in [0, 0.1) is 11.8 Å². The van der Waals surface area contributed by atoms with Crippen molar-refractivity contribution < 1.29 is 4.79 Å². The van der Waals surface area contributed by atoms with Crippen LogP contribution in [-0.4, -0.2) is 37.0 Å². The Morgan fingerprint density at radius 3 is 2.72 bits per heavy atom. The predicted molar refractivity (Wildman–Crippen MR) is 102 cm³/mol. The number of rotatable bonds is 7. The highest BCUT2D eigenvalue weighted by Crippen LogP contribution is 2.24. The van der Waals surface area contributed by atoms with Crippen LogP contribution in [0.15, 0.2) is 24.3 Å². The van der Waals surface area contributed by atoms with Crippen molar-refractivity contribution in [1.29, 1.82) is 0 Å². The third-order valence-corrected chi connectivity index (χ3v) is 5.78. The largest absolute Gasteiger partial charge is 0.352 e. The van der Waals surface area contributed by atoms with Crippen LogP contribution in [0.3, 0.4) is 0 Å². The third kappa shape index (κ3) is 5.82. The number of nitrogens with one attached hydrogen (secondary N) is 2. The summed E-state index contributed by atoms with van der Waals surface area (Å²) >= 11 is 0. The molecule has 1 atom stereocenters. The van der Waals surface area contributed by atoms with Crippen LogP contribution in [0.5, 0.6) is 0 Å². The molecule has 0 bridgehead atoms. The van der Waals surface area contributed by atoms with Crippen molar-refractivity contribution in [2.75, 3.05) is 26.2 Å². The molecule has 2 fully saturated rings. The number of nitrogens with zero attached hydrogens (tertiary/aromatic N) is 1. The fourth-order valence-electron chi connectivity index (χ4n) is 4.18. The summed E-state index contributed by atoms with van der Waals surface area (Å²) in [6.45, 7) is 8.54. The number of amides is 1. The smallest absolute Gasteiger partial charge is 0.220 e. The van der Waals surface area contributed by atoms with Crippen molar-refractivity contribution in [2.45, 2.75) is 52.1 Å². The van der Waals surface area contributed by atoms with E-state index in [2.05, 4.69) is 46.7 Å². The Balaban J connectivity index is 1.43. The average Bonchev–Trinajstić information content (AvgIpc) is 3.14. The first kappa shape index (κ1) is 18.4. The second kappa shape index (κ2) is 9.35. The lowest BCUT2D eigenvalue weighted by atomic mass is 9.84. The van der Waals surface area contributed by atoms with E-state index in [9.17, 15) is 4.79 Å². The van der Waals surface area contributed by atoms with Gasteiger partial charge in [0, 0.05) is 19.5 Å². The molecule has 2 heterocycles. The van der Waals surface area contributed by atoms with E-state index in [-0.39, 0.29) is 5.91 Å². The SMILES string of the molecule is CC(CC(=O)NCc1cccc(CN2CCCC2)c1)C1CCNCC1. The van der Waals surface area contributed by atoms with Crippen LogP contribution in [-0.2, 0) is 17.9 Å². The molecular weight excluding hydrogens is 310 g/mol. The van der Waals surface area contributed by atoms with Gasteiger partial charge in [-0.1, -0.05) is 31.2 Å². The van der Waals surface area contributed by atoms with Crippen molar-refractivity contribution in [3.05, 3.63) is 35.4 Å². The number of hydrogen-bond donors (Lipinski definition) is 2. The van der Waals surface area contributed by atoms with Gasteiger partial charge in [0.1, 0.15) is 0 Å². The highest BCUT2D eigenvalue weighted by molar-refractivity contribution is 5.76. The number of likely N-dealkylation sites (tertiary alicyclic amines) is 1. The van der Waals surface area contributed by atoms with Gasteiger partial charge in [-0.15, -0.1) is 0 Å². The first-order chi connectivity index (χ1) is 12.2. The third-order valence-electron chi connectivity index (χ3n) is 5.78. The van der Waals surface area contributed by atoms with Gasteiger partial charge in [-0.25, -0.2) is 0 Å². The van der Waals surface area contributed by atoms with E-state index >= 15 is 0 Å². The lowest BCUT2D eigenvalue weighted by molar-refractivity contribution is -0.122. The van der Waals surface area contributed by atoms with Crippen LogP contribution in [0.2, 0.25) is 0 Å². The molecule has 0 spiro atoms. The molecule has 0 radical (unpaired) electrons. The van der Waals surface area contributed by atoms with Gasteiger partial charge in [0.05, 0.1) is 0 Å². The van der Waals surface area contributed by atoms with Gasteiger partial charge in [0.15, 0.2) is 0 Å². The Kier molecular flexibility index (Phi) is 6.88. The van der Waals surface area contributed by atoms with Crippen LogP contribution in [0.1, 0.15) is 50.2 Å². The highest BCUT2D eigenvalue weighted by atomic mass is 16.1. The summed E-state index contributed by atoms with van der Waals surface area (Å²) in [6.07, 6.45) is 5.70. The Morgan fingerprint density at radius 2 is 1.96 bits per heavy atom. The van der Waals surface area contributed by atoms with Gasteiger partial charge in [0.25, 0.3) is 0 Å². The molecule has 0 saturated carbocycles. The summed E-state index contributed by atoms with van der Waals surface area (Å²) in [7, 11) is 0. The molecule has 2 N–H and O–H groups in total. The van der Waals surface area contributed by atoms with E-state index in [4.69, 9.17) is 0 Å². The number of carbonyl (C=O) groups is 1. The number of hydrogen-bond acceptors (Lipinski definition) is 3. The monoisotopic (exact) mass is 343 g/mol. The Labute approximate surface area is 152 Å². The second-order valence-electron chi connectivity index (χ2n) is 7.85. The molecule has 25 heavy (non-hydrogen) atoms. The van der Waals surface area contributed by atoms with Gasteiger partial charge >= 0.3 is 0 Å². The number of piperidine rings is 1. The summed E-state index contributed by atoms with van der Waals surface area (Å²) in [5, 5.41) is 6.52. The van der Waals surface area contributed by atoms with Crippen LogP contribution in [0.4, 0.5) is 0 Å². The molecule has 0 aliphatic carbocycles. The van der Waals surface area contributed by atoms with Gasteiger partial charge in [-0.2, -0.15) is 0 Å². The molecule has 2 aliphatic heterocycles. The normalized spacial score (nSPS) is 20.5. The molecule has 2 saturated heterocycles. The van der Waals surface area contributed by atoms with E-state index in [0.717, 1.165) is 19.6 Å². The standard InChI is InChI=1S/C21H33N3O/c1-17(20-7-9-22-10-8-20)13-21(25)23-15-18-5-4-6-19(14-18)16-24-11-2-3-12-24/h4-6,14,17,20,22H,2-3,7-13,15-16H2,1H3,(H,23,25). The van der Waals surface area contributed by atoms with E-state index in [1.54, 1.807) is 0 Å². The van der Waals surface area contributed by atoms with Crippen LogP contribution >= 0.6 is 0 Å². The number of benzene rings is 1. The molecule has 3 rings (SSSR count). The molecule has 138 valence electrons. The zero-order valence-corrected chi connectivity index (χ0v) is 15.6. The lowest BCUT2D eigenvalue weighted by Crippen LogP contribution is -2.33. The molecule has 0 aromatic heterocycles. The van der Waals surface area contributed by atoms with Crippen molar-refractivity contribution in [2.24, 2.45) is 11.8 Å². The molecule has 1 aromatic carbocycles. The fourth-order valence-corrected chi connectivity index (χ4v) is 4.18. The van der Waals surface area contributed by atoms with E-state index in [1.807, 2.05) is 0 Å². The van der Waals surface area contributed by atoms with E-state index in [0.29, 0.717) is 24.8 Å². The molecule has 1 unspecified atom stereocenters. The zero-order chi connectivity index (χ0) is 17.5. The summed E-state index contributed by atoms with van der Waals surface area (Å²) in [5.41, 5.74) is 2.57. The summed E-state index contributed by atoms with van der Waals surface area (Å²) in [5.74, 6) is 1.36. The summed E-state index contributed by atoms with van der Waals surface area (Å²) in [4.78, 5) is 14.8. The number of carbonyl (C=O) groups excluding carboxylic acids is 1. The Morgan fingerprint density at radius 1 is 1.24 bits per heavy atom. The molecule has 4 nitrogen and oxygen atoms in total. The van der Waals surface area contributed by atoms with E-state index < -0.39 is 0 Å². The lowest BCUT2D eigenvalue weighted by Gasteiger charge is -2.27. The zero-order valence-electron chi connectivity index (χ0n) is 15.6. The minimum Gasteiger partial charge on any atom is -0.352 e. The van der Waals surface area contributed by atoms with Gasteiger partial charge in [-0.3, -0.25) is 9.69 Å². The molecule has 4 heteroatoms. The first-order valence-corrected chi connectivity index (χ1v) is 9.98. The van der Waals surface area contributed by atoms with E-state index in [1.165, 1.54) is 49.9 Å². The van der Waals surface area contributed by atoms with Gasteiger partial charge in [-0.05, 0) is 74.8 Å². The second-order valence-corrected chi connectivity index (χ2v) is 7.85. The molecule has 1 amide bonds. The average molecular weight is 344 g/mol. The molecular formula is C21H33N3O. The van der Waals surface area contributed by atoms with Gasteiger partial charge < -0.3 is 10.6 Å². The minimum atomic E-state index is 0.191. The highest BCUT2D eigenvalue weighted by Gasteiger charge is 2.21. The van der Waals surface area contributed by atoms with Crippen molar-refractivity contribution in [3.63, 3.8) is 0 Å². The Bertz CT molecular complexity index is 548.